The lowest BCUT2D eigenvalue weighted by molar-refractivity contribution is -0.138. The molecule has 0 aromatic heterocycles. The molecule has 0 saturated heterocycles. The van der Waals surface area contributed by atoms with Crippen molar-refractivity contribution in [3.8, 4) is 5.75 Å². The molecule has 88 valence electrons. The number of ether oxygens (including phenoxy) is 1. The highest BCUT2D eigenvalue weighted by molar-refractivity contribution is 14.1. The lowest BCUT2D eigenvalue weighted by atomic mass is 10.1. The minimum Gasteiger partial charge on any atom is -0.495 e. The van der Waals surface area contributed by atoms with Crippen LogP contribution in [0.2, 0.25) is 0 Å². The van der Waals surface area contributed by atoms with Gasteiger partial charge in [0.25, 0.3) is 0 Å². The number of carbonyl (C=O) groups is 1. The Kier molecular flexibility index (Phi) is 3.82. The van der Waals surface area contributed by atoms with Crippen molar-refractivity contribution in [2.24, 2.45) is 0 Å². The Labute approximate surface area is 104 Å². The molecule has 0 bridgehead atoms. The second kappa shape index (κ2) is 4.60. The van der Waals surface area contributed by atoms with E-state index in [0.29, 0.717) is 0 Å². The van der Waals surface area contributed by atoms with Gasteiger partial charge in [-0.05, 0) is 41.6 Å². The molecule has 0 radical (unpaired) electrons. The van der Waals surface area contributed by atoms with Gasteiger partial charge < -0.3 is 4.74 Å². The molecule has 0 saturated carbocycles. The van der Waals surface area contributed by atoms with Crippen molar-refractivity contribution in [2.75, 3.05) is 7.11 Å². The van der Waals surface area contributed by atoms with Gasteiger partial charge in [0.15, 0.2) is 5.78 Å². The Bertz CT molecular complexity index is 427. The average molecular weight is 344 g/mol. The highest BCUT2D eigenvalue weighted by Crippen LogP contribution is 2.39. The molecule has 0 aliphatic heterocycles. The van der Waals surface area contributed by atoms with Crippen LogP contribution in [0, 0.1) is 3.57 Å². The van der Waals surface area contributed by atoms with Crippen LogP contribution in [0.4, 0.5) is 13.2 Å². The molecule has 0 N–H and O–H groups in total. The van der Waals surface area contributed by atoms with Crippen molar-refractivity contribution in [3.63, 3.8) is 0 Å². The Morgan fingerprint density at radius 1 is 1.38 bits per heavy atom. The molecular formula is C10H8F3IO2. The summed E-state index contributed by atoms with van der Waals surface area (Å²) in [6.45, 7) is 1.22. The van der Waals surface area contributed by atoms with E-state index in [-0.39, 0.29) is 14.9 Å². The third-order valence-electron chi connectivity index (χ3n) is 1.96. The zero-order valence-electron chi connectivity index (χ0n) is 8.48. The van der Waals surface area contributed by atoms with Gasteiger partial charge in [-0.25, -0.2) is 0 Å². The second-order valence-corrected chi connectivity index (χ2v) is 4.26. The van der Waals surface area contributed by atoms with E-state index in [4.69, 9.17) is 4.74 Å². The van der Waals surface area contributed by atoms with Crippen LogP contribution in [0.1, 0.15) is 22.8 Å². The Balaban J connectivity index is 3.49. The number of methoxy groups -OCH3 is 1. The largest absolute Gasteiger partial charge is 0.495 e. The minimum atomic E-state index is -4.53. The maximum atomic E-state index is 12.7. The summed E-state index contributed by atoms with van der Waals surface area (Å²) in [5, 5.41) is 0. The molecule has 1 aromatic carbocycles. The predicted octanol–water partition coefficient (Wildman–Crippen LogP) is 3.52. The fourth-order valence-electron chi connectivity index (χ4n) is 1.21. The molecule has 2 nitrogen and oxygen atoms in total. The van der Waals surface area contributed by atoms with Crippen LogP contribution in [-0.4, -0.2) is 12.9 Å². The highest BCUT2D eigenvalue weighted by Gasteiger charge is 2.36. The summed E-state index contributed by atoms with van der Waals surface area (Å²) < 4.78 is 43.0. The summed E-state index contributed by atoms with van der Waals surface area (Å²) in [6, 6.07) is 2.18. The predicted molar refractivity (Wildman–Crippen MR) is 60.7 cm³/mol. The van der Waals surface area contributed by atoms with Crippen LogP contribution in [0.25, 0.3) is 0 Å². The number of benzene rings is 1. The van der Waals surface area contributed by atoms with E-state index in [1.54, 1.807) is 22.6 Å². The Morgan fingerprint density at radius 2 is 1.94 bits per heavy atom. The van der Waals surface area contributed by atoms with Gasteiger partial charge in [-0.3, -0.25) is 4.79 Å². The van der Waals surface area contributed by atoms with E-state index in [9.17, 15) is 18.0 Å². The summed E-state index contributed by atoms with van der Waals surface area (Å²) in [7, 11) is 1.17. The van der Waals surface area contributed by atoms with Crippen molar-refractivity contribution in [3.05, 3.63) is 26.8 Å². The number of Topliss-reactive ketones (excluding diaryl/α,β-unsaturated/α-hetero) is 1. The van der Waals surface area contributed by atoms with Gasteiger partial charge in [-0.1, -0.05) is 0 Å². The first-order valence-corrected chi connectivity index (χ1v) is 5.31. The Morgan fingerprint density at radius 3 is 2.31 bits per heavy atom. The number of carbonyl (C=O) groups excluding carboxylic acids is 1. The molecule has 6 heteroatoms. The lowest BCUT2D eigenvalue weighted by Gasteiger charge is -2.14. The van der Waals surface area contributed by atoms with Gasteiger partial charge in [0.1, 0.15) is 5.75 Å². The van der Waals surface area contributed by atoms with Crippen molar-refractivity contribution in [1.29, 1.82) is 0 Å². The minimum absolute atomic E-state index is 0.0255. The second-order valence-electron chi connectivity index (χ2n) is 3.09. The molecular weight excluding hydrogens is 336 g/mol. The number of ketones is 1. The number of hydrogen-bond acceptors (Lipinski definition) is 2. The summed E-state index contributed by atoms with van der Waals surface area (Å²) in [4.78, 5) is 11.1. The molecule has 0 aliphatic rings. The number of rotatable bonds is 2. The molecule has 0 amide bonds. The van der Waals surface area contributed by atoms with Crippen LogP contribution < -0.4 is 4.74 Å². The van der Waals surface area contributed by atoms with Gasteiger partial charge in [-0.2, -0.15) is 13.2 Å². The molecule has 0 heterocycles. The topological polar surface area (TPSA) is 26.3 Å². The maximum absolute atomic E-state index is 12.7. The van der Waals surface area contributed by atoms with Gasteiger partial charge in [0.05, 0.1) is 16.2 Å². The smallest absolute Gasteiger partial charge is 0.420 e. The van der Waals surface area contributed by atoms with Crippen molar-refractivity contribution in [1.82, 2.24) is 0 Å². The van der Waals surface area contributed by atoms with Gasteiger partial charge in [0.2, 0.25) is 0 Å². The third kappa shape index (κ3) is 2.66. The van der Waals surface area contributed by atoms with Crippen molar-refractivity contribution >= 4 is 28.4 Å². The van der Waals surface area contributed by atoms with Gasteiger partial charge in [-0.15, -0.1) is 0 Å². The highest BCUT2D eigenvalue weighted by atomic mass is 127. The Hall–Kier alpha value is -0.790. The van der Waals surface area contributed by atoms with Crippen LogP contribution in [0.15, 0.2) is 12.1 Å². The fourth-order valence-corrected chi connectivity index (χ4v) is 2.06. The van der Waals surface area contributed by atoms with Crippen LogP contribution >= 0.6 is 22.6 Å². The third-order valence-corrected chi connectivity index (χ3v) is 2.76. The van der Waals surface area contributed by atoms with Crippen LogP contribution in [-0.2, 0) is 6.18 Å². The van der Waals surface area contributed by atoms with Crippen molar-refractivity contribution in [2.45, 2.75) is 13.1 Å². The number of hydrogen-bond donors (Lipinski definition) is 0. The molecule has 0 spiro atoms. The molecule has 1 rings (SSSR count). The first kappa shape index (κ1) is 13.3. The molecule has 1 aromatic rings. The summed E-state index contributed by atoms with van der Waals surface area (Å²) in [5.74, 6) is -0.663. The molecule has 0 fully saturated rings. The van der Waals surface area contributed by atoms with Crippen LogP contribution in [0.3, 0.4) is 0 Å². The van der Waals surface area contributed by atoms with E-state index >= 15 is 0 Å². The van der Waals surface area contributed by atoms with E-state index in [1.807, 2.05) is 0 Å². The van der Waals surface area contributed by atoms with E-state index in [1.165, 1.54) is 20.1 Å². The SMILES string of the molecule is COc1c(I)cc(C(C)=O)cc1C(F)(F)F. The van der Waals surface area contributed by atoms with Gasteiger partial charge in [0, 0.05) is 5.56 Å². The van der Waals surface area contributed by atoms with Crippen molar-refractivity contribution < 1.29 is 22.7 Å². The van der Waals surface area contributed by atoms with E-state index in [0.717, 1.165) is 6.07 Å². The quantitative estimate of drug-likeness (QED) is 0.606. The maximum Gasteiger partial charge on any atom is 0.420 e. The standard InChI is InChI=1S/C10H8F3IO2/c1-5(15)6-3-7(10(11,12)13)9(16-2)8(14)4-6/h3-4H,1-2H3. The first-order valence-electron chi connectivity index (χ1n) is 4.23. The van der Waals surface area contributed by atoms with E-state index in [2.05, 4.69) is 0 Å². The zero-order valence-corrected chi connectivity index (χ0v) is 10.6. The monoisotopic (exact) mass is 344 g/mol. The molecule has 0 unspecified atom stereocenters. The average Bonchev–Trinajstić information content (AvgIpc) is 2.14. The normalized spacial score (nSPS) is 11.4. The summed E-state index contributed by atoms with van der Waals surface area (Å²) >= 11 is 1.71. The first-order chi connectivity index (χ1) is 7.27. The fraction of sp³-hybridized carbons (Fsp3) is 0.300. The summed E-state index contributed by atoms with van der Waals surface area (Å²) in [5.41, 5.74) is -0.898. The molecule has 0 atom stereocenters. The number of alkyl halides is 3. The zero-order chi connectivity index (χ0) is 12.5. The number of halogens is 4. The van der Waals surface area contributed by atoms with Crippen LogP contribution in [0.5, 0.6) is 5.75 Å². The summed E-state index contributed by atoms with van der Waals surface area (Å²) in [6.07, 6.45) is -4.53. The van der Waals surface area contributed by atoms with Gasteiger partial charge >= 0.3 is 6.18 Å². The van der Waals surface area contributed by atoms with E-state index < -0.39 is 17.5 Å². The molecule has 16 heavy (non-hydrogen) atoms. The molecule has 0 aliphatic carbocycles. The lowest BCUT2D eigenvalue weighted by Crippen LogP contribution is -2.10.